The summed E-state index contributed by atoms with van der Waals surface area (Å²) in [6.45, 7) is 0. The number of rotatable bonds is 4. The van der Waals surface area contributed by atoms with Gasteiger partial charge in [-0.05, 0) is 24.3 Å². The molecule has 1 heterocycles. The Morgan fingerprint density at radius 1 is 0.958 bits per heavy atom. The number of methoxy groups -OCH3 is 3. The first-order chi connectivity index (χ1) is 11.6. The molecule has 3 aromatic rings. The van der Waals surface area contributed by atoms with Gasteiger partial charge < -0.3 is 19.2 Å². The summed E-state index contributed by atoms with van der Waals surface area (Å²) in [7, 11) is 4.43. The van der Waals surface area contributed by atoms with Crippen molar-refractivity contribution in [2.45, 2.75) is 0 Å². The van der Waals surface area contributed by atoms with Crippen molar-refractivity contribution >= 4 is 10.9 Å². The molecule has 0 aliphatic heterocycles. The summed E-state index contributed by atoms with van der Waals surface area (Å²) in [5.74, 6) is 0.710. The fourth-order valence-corrected chi connectivity index (χ4v) is 2.63. The van der Waals surface area contributed by atoms with Crippen molar-refractivity contribution in [3.05, 3.63) is 52.4 Å². The number of fused-ring (bicyclic) bond motifs is 1. The minimum absolute atomic E-state index is 0.137. The number of hydrogen-bond donors (Lipinski definition) is 1. The van der Waals surface area contributed by atoms with E-state index in [0.29, 0.717) is 33.7 Å². The van der Waals surface area contributed by atoms with E-state index in [1.165, 1.54) is 33.5 Å². The van der Waals surface area contributed by atoms with Gasteiger partial charge in [0.1, 0.15) is 17.3 Å². The fraction of sp³-hybridized carbons (Fsp3) is 0.167. The van der Waals surface area contributed by atoms with Crippen LogP contribution in [-0.4, -0.2) is 26.3 Å². The number of aromatic nitrogens is 1. The number of halogens is 1. The zero-order valence-electron chi connectivity index (χ0n) is 13.5. The molecule has 1 aromatic heterocycles. The summed E-state index contributed by atoms with van der Waals surface area (Å²) in [4.78, 5) is 16.0. The molecule has 0 aliphatic carbocycles. The predicted octanol–water partition coefficient (Wildman–Crippen LogP) is 3.36. The Morgan fingerprint density at radius 2 is 1.67 bits per heavy atom. The molecule has 6 heteroatoms. The SMILES string of the molecule is COc1cc(OC)c2c(=O)c(OC)c(-c3ccc(F)cc3)[nH]c2c1. The number of benzene rings is 2. The van der Waals surface area contributed by atoms with Crippen LogP contribution in [0.25, 0.3) is 22.2 Å². The van der Waals surface area contributed by atoms with Gasteiger partial charge in [-0.2, -0.15) is 0 Å². The summed E-state index contributed by atoms with van der Waals surface area (Å²) >= 11 is 0. The van der Waals surface area contributed by atoms with Crippen molar-refractivity contribution < 1.29 is 18.6 Å². The molecule has 1 N–H and O–H groups in total. The van der Waals surface area contributed by atoms with Crippen molar-refractivity contribution in [2.24, 2.45) is 0 Å². The van der Waals surface area contributed by atoms with Crippen LogP contribution < -0.4 is 19.6 Å². The molecule has 2 aromatic carbocycles. The lowest BCUT2D eigenvalue weighted by molar-refractivity contribution is 0.396. The molecule has 0 radical (unpaired) electrons. The Balaban J connectivity index is 2.38. The van der Waals surface area contributed by atoms with Crippen molar-refractivity contribution in [3.63, 3.8) is 0 Å². The van der Waals surface area contributed by atoms with Crippen LogP contribution in [0.4, 0.5) is 4.39 Å². The highest BCUT2D eigenvalue weighted by Crippen LogP contribution is 2.33. The highest BCUT2D eigenvalue weighted by Gasteiger charge is 2.18. The Labute approximate surface area is 137 Å². The summed E-state index contributed by atoms with van der Waals surface area (Å²) in [6.07, 6.45) is 0. The van der Waals surface area contributed by atoms with Crippen molar-refractivity contribution in [1.29, 1.82) is 0 Å². The third kappa shape index (κ3) is 2.56. The van der Waals surface area contributed by atoms with Gasteiger partial charge in [-0.15, -0.1) is 0 Å². The lowest BCUT2D eigenvalue weighted by Crippen LogP contribution is -2.11. The highest BCUT2D eigenvalue weighted by molar-refractivity contribution is 5.90. The number of ether oxygens (including phenoxy) is 3. The molecule has 0 atom stereocenters. The van der Waals surface area contributed by atoms with Crippen LogP contribution in [0.2, 0.25) is 0 Å². The van der Waals surface area contributed by atoms with Crippen LogP contribution in [0.1, 0.15) is 0 Å². The van der Waals surface area contributed by atoms with E-state index in [1.54, 1.807) is 24.3 Å². The first-order valence-corrected chi connectivity index (χ1v) is 7.21. The van der Waals surface area contributed by atoms with E-state index in [9.17, 15) is 9.18 Å². The maximum Gasteiger partial charge on any atom is 0.235 e. The minimum atomic E-state index is -0.357. The smallest absolute Gasteiger partial charge is 0.235 e. The van der Waals surface area contributed by atoms with Gasteiger partial charge in [0.25, 0.3) is 0 Å². The Bertz CT molecular complexity index is 948. The second-order valence-electron chi connectivity index (χ2n) is 5.12. The average molecular weight is 329 g/mol. The molecule has 0 saturated heterocycles. The van der Waals surface area contributed by atoms with Crippen LogP contribution in [0, 0.1) is 5.82 Å². The molecule has 0 unspecified atom stereocenters. The number of H-pyrrole nitrogens is 1. The Hall–Kier alpha value is -3.02. The van der Waals surface area contributed by atoms with E-state index in [0.717, 1.165) is 0 Å². The third-order valence-electron chi connectivity index (χ3n) is 3.79. The number of aromatic amines is 1. The summed E-state index contributed by atoms with van der Waals surface area (Å²) in [5.41, 5.74) is 1.32. The van der Waals surface area contributed by atoms with Crippen LogP contribution in [0.3, 0.4) is 0 Å². The molecule has 3 rings (SSSR count). The number of hydrogen-bond acceptors (Lipinski definition) is 4. The first-order valence-electron chi connectivity index (χ1n) is 7.21. The van der Waals surface area contributed by atoms with Crippen LogP contribution in [0.15, 0.2) is 41.2 Å². The van der Waals surface area contributed by atoms with Crippen molar-refractivity contribution in [1.82, 2.24) is 4.98 Å². The van der Waals surface area contributed by atoms with Crippen molar-refractivity contribution in [2.75, 3.05) is 21.3 Å². The normalized spacial score (nSPS) is 10.7. The van der Waals surface area contributed by atoms with E-state index in [1.807, 2.05) is 0 Å². The largest absolute Gasteiger partial charge is 0.497 e. The maximum atomic E-state index is 13.2. The van der Waals surface area contributed by atoms with E-state index in [2.05, 4.69) is 4.98 Å². The van der Waals surface area contributed by atoms with Crippen LogP contribution in [0.5, 0.6) is 17.2 Å². The standard InChI is InChI=1S/C18H16FNO4/c1-22-12-8-13-15(14(9-12)23-2)17(21)18(24-3)16(20-13)10-4-6-11(19)7-5-10/h4-9H,1-3H3,(H,20,21). The summed E-state index contributed by atoms with van der Waals surface area (Å²) in [6, 6.07) is 9.13. The van der Waals surface area contributed by atoms with Crippen LogP contribution >= 0.6 is 0 Å². The highest BCUT2D eigenvalue weighted by atomic mass is 19.1. The lowest BCUT2D eigenvalue weighted by Gasteiger charge is -2.13. The summed E-state index contributed by atoms with van der Waals surface area (Å²) in [5, 5.41) is 0.362. The van der Waals surface area contributed by atoms with E-state index >= 15 is 0 Å². The topological polar surface area (TPSA) is 60.6 Å². The molecule has 24 heavy (non-hydrogen) atoms. The van der Waals surface area contributed by atoms with Gasteiger partial charge in [0, 0.05) is 17.7 Å². The van der Waals surface area contributed by atoms with E-state index in [4.69, 9.17) is 14.2 Å². The minimum Gasteiger partial charge on any atom is -0.497 e. The quantitative estimate of drug-likeness (QED) is 0.797. The zero-order valence-corrected chi connectivity index (χ0v) is 13.5. The second kappa shape index (κ2) is 6.23. The molecule has 0 bridgehead atoms. The van der Waals surface area contributed by atoms with Gasteiger partial charge in [-0.3, -0.25) is 4.79 Å². The molecular formula is C18H16FNO4. The lowest BCUT2D eigenvalue weighted by atomic mass is 10.1. The van der Waals surface area contributed by atoms with Crippen LogP contribution in [-0.2, 0) is 0 Å². The van der Waals surface area contributed by atoms with Gasteiger partial charge in [-0.1, -0.05) is 0 Å². The maximum absolute atomic E-state index is 13.2. The average Bonchev–Trinajstić information content (AvgIpc) is 2.61. The van der Waals surface area contributed by atoms with Crippen molar-refractivity contribution in [3.8, 4) is 28.5 Å². The number of pyridine rings is 1. The monoisotopic (exact) mass is 329 g/mol. The zero-order chi connectivity index (χ0) is 17.3. The van der Waals surface area contributed by atoms with Gasteiger partial charge in [0.05, 0.1) is 37.9 Å². The Morgan fingerprint density at radius 3 is 2.25 bits per heavy atom. The predicted molar refractivity (Wildman–Crippen MR) is 89.6 cm³/mol. The molecule has 0 saturated carbocycles. The van der Waals surface area contributed by atoms with Gasteiger partial charge in [0.2, 0.25) is 5.43 Å². The fourth-order valence-electron chi connectivity index (χ4n) is 2.63. The van der Waals surface area contributed by atoms with Gasteiger partial charge >= 0.3 is 0 Å². The van der Waals surface area contributed by atoms with E-state index in [-0.39, 0.29) is 17.0 Å². The Kier molecular flexibility index (Phi) is 4.12. The second-order valence-corrected chi connectivity index (χ2v) is 5.12. The van der Waals surface area contributed by atoms with Gasteiger partial charge in [0.15, 0.2) is 5.75 Å². The first kappa shape index (κ1) is 15.9. The van der Waals surface area contributed by atoms with Gasteiger partial charge in [-0.25, -0.2) is 4.39 Å². The molecule has 0 spiro atoms. The molecule has 0 fully saturated rings. The third-order valence-corrected chi connectivity index (χ3v) is 3.79. The number of nitrogens with one attached hydrogen (secondary N) is 1. The molecular weight excluding hydrogens is 313 g/mol. The molecule has 5 nitrogen and oxygen atoms in total. The molecule has 124 valence electrons. The molecule has 0 amide bonds. The molecule has 0 aliphatic rings. The van der Waals surface area contributed by atoms with E-state index < -0.39 is 0 Å². The summed E-state index contributed by atoms with van der Waals surface area (Å²) < 4.78 is 29.0.